The SMILES string of the molecule is O=C(NCc1ccccc1)NC1CCN(c2cc(C(F)(F)F)nc(-c3ccncc3)n2)C1. The Labute approximate surface area is 182 Å². The van der Waals surface area contributed by atoms with Crippen LogP contribution < -0.4 is 15.5 Å². The molecule has 2 amide bonds. The standard InChI is InChI=1S/C22H21F3N6O/c23-22(24,25)18-12-19(30-20(29-18)16-6-9-26-10-7-16)31-11-8-17(14-31)28-21(32)27-13-15-4-2-1-3-5-15/h1-7,9-10,12,17H,8,11,13-14H2,(H2,27,28,32). The highest BCUT2D eigenvalue weighted by Gasteiger charge is 2.35. The van der Waals surface area contributed by atoms with Crippen molar-refractivity contribution in [1.29, 1.82) is 0 Å². The first-order chi connectivity index (χ1) is 15.4. The molecule has 1 fully saturated rings. The van der Waals surface area contributed by atoms with E-state index in [0.29, 0.717) is 31.6 Å². The van der Waals surface area contributed by atoms with Gasteiger partial charge < -0.3 is 15.5 Å². The smallest absolute Gasteiger partial charge is 0.354 e. The fraction of sp³-hybridized carbons (Fsp3) is 0.273. The van der Waals surface area contributed by atoms with Crippen LogP contribution in [0, 0.1) is 0 Å². The van der Waals surface area contributed by atoms with Gasteiger partial charge in [-0.2, -0.15) is 13.2 Å². The van der Waals surface area contributed by atoms with E-state index in [-0.39, 0.29) is 23.7 Å². The van der Waals surface area contributed by atoms with Gasteiger partial charge in [-0.25, -0.2) is 14.8 Å². The number of amides is 2. The molecular weight excluding hydrogens is 421 g/mol. The first-order valence-electron chi connectivity index (χ1n) is 10.1. The van der Waals surface area contributed by atoms with E-state index in [4.69, 9.17) is 0 Å². The number of nitrogens with one attached hydrogen (secondary N) is 2. The van der Waals surface area contributed by atoms with Gasteiger partial charge in [-0.15, -0.1) is 0 Å². The third-order valence-electron chi connectivity index (χ3n) is 5.08. The van der Waals surface area contributed by atoms with E-state index in [9.17, 15) is 18.0 Å². The van der Waals surface area contributed by atoms with Crippen LogP contribution in [0.25, 0.3) is 11.4 Å². The lowest BCUT2D eigenvalue weighted by atomic mass is 10.2. The number of alkyl halides is 3. The third kappa shape index (κ3) is 5.32. The number of pyridine rings is 1. The number of halogens is 3. The van der Waals surface area contributed by atoms with Gasteiger partial charge in [0.1, 0.15) is 5.82 Å². The summed E-state index contributed by atoms with van der Waals surface area (Å²) in [5, 5.41) is 5.67. The first kappa shape index (κ1) is 21.5. The van der Waals surface area contributed by atoms with E-state index in [1.807, 2.05) is 30.3 Å². The zero-order valence-corrected chi connectivity index (χ0v) is 17.0. The van der Waals surface area contributed by atoms with Crippen LogP contribution in [0.4, 0.5) is 23.8 Å². The van der Waals surface area contributed by atoms with Crippen molar-refractivity contribution in [2.24, 2.45) is 0 Å². The van der Waals surface area contributed by atoms with Crippen molar-refractivity contribution >= 4 is 11.8 Å². The molecule has 1 aliphatic rings. The van der Waals surface area contributed by atoms with E-state index >= 15 is 0 Å². The molecule has 0 bridgehead atoms. The van der Waals surface area contributed by atoms with Crippen LogP contribution >= 0.6 is 0 Å². The molecule has 32 heavy (non-hydrogen) atoms. The monoisotopic (exact) mass is 442 g/mol. The van der Waals surface area contributed by atoms with Gasteiger partial charge in [0.25, 0.3) is 0 Å². The second kappa shape index (κ2) is 9.21. The molecule has 0 saturated carbocycles. The summed E-state index contributed by atoms with van der Waals surface area (Å²) in [5.41, 5.74) is 0.410. The fourth-order valence-corrected chi connectivity index (χ4v) is 3.47. The second-order valence-corrected chi connectivity index (χ2v) is 7.41. The number of benzene rings is 1. The maximum Gasteiger partial charge on any atom is 0.433 e. The molecule has 0 spiro atoms. The molecule has 1 aliphatic heterocycles. The van der Waals surface area contributed by atoms with Crippen LogP contribution in [-0.2, 0) is 12.7 Å². The largest absolute Gasteiger partial charge is 0.433 e. The highest BCUT2D eigenvalue weighted by Crippen LogP contribution is 2.32. The van der Waals surface area contributed by atoms with Crippen molar-refractivity contribution in [3.63, 3.8) is 0 Å². The van der Waals surface area contributed by atoms with Crippen molar-refractivity contribution in [3.8, 4) is 11.4 Å². The number of aromatic nitrogens is 3. The molecule has 4 rings (SSSR count). The van der Waals surface area contributed by atoms with Gasteiger partial charge >= 0.3 is 12.2 Å². The maximum absolute atomic E-state index is 13.4. The zero-order chi connectivity index (χ0) is 22.6. The van der Waals surface area contributed by atoms with Gasteiger partial charge in [0.2, 0.25) is 0 Å². The van der Waals surface area contributed by atoms with Crippen LogP contribution in [-0.4, -0.2) is 40.1 Å². The molecule has 7 nitrogen and oxygen atoms in total. The Balaban J connectivity index is 1.44. The highest BCUT2D eigenvalue weighted by atomic mass is 19.4. The zero-order valence-electron chi connectivity index (χ0n) is 17.0. The van der Waals surface area contributed by atoms with Crippen LogP contribution in [0.3, 0.4) is 0 Å². The van der Waals surface area contributed by atoms with Gasteiger partial charge in [0, 0.05) is 49.7 Å². The van der Waals surface area contributed by atoms with E-state index in [2.05, 4.69) is 25.6 Å². The minimum Gasteiger partial charge on any atom is -0.354 e. The molecule has 0 radical (unpaired) electrons. The lowest BCUT2D eigenvalue weighted by Gasteiger charge is -2.20. The maximum atomic E-state index is 13.4. The van der Waals surface area contributed by atoms with E-state index in [1.54, 1.807) is 17.0 Å². The van der Waals surface area contributed by atoms with Crippen molar-refractivity contribution in [2.75, 3.05) is 18.0 Å². The molecule has 1 aromatic carbocycles. The fourth-order valence-electron chi connectivity index (χ4n) is 3.47. The average Bonchev–Trinajstić information content (AvgIpc) is 3.26. The summed E-state index contributed by atoms with van der Waals surface area (Å²) in [7, 11) is 0. The predicted molar refractivity (Wildman–Crippen MR) is 113 cm³/mol. The van der Waals surface area contributed by atoms with Crippen molar-refractivity contribution in [3.05, 3.63) is 72.2 Å². The average molecular weight is 442 g/mol. The lowest BCUT2D eigenvalue weighted by Crippen LogP contribution is -2.43. The normalized spacial score (nSPS) is 16.1. The van der Waals surface area contributed by atoms with Crippen molar-refractivity contribution in [2.45, 2.75) is 25.2 Å². The van der Waals surface area contributed by atoms with E-state index < -0.39 is 11.9 Å². The molecular formula is C22H21F3N6O. The Bertz CT molecular complexity index is 1060. The number of urea groups is 1. The van der Waals surface area contributed by atoms with E-state index in [1.165, 1.54) is 12.4 Å². The summed E-state index contributed by atoms with van der Waals surface area (Å²) in [5.74, 6) is 0.155. The minimum atomic E-state index is -4.60. The van der Waals surface area contributed by atoms with Gasteiger partial charge in [-0.1, -0.05) is 30.3 Å². The first-order valence-corrected chi connectivity index (χ1v) is 10.1. The molecule has 1 atom stereocenters. The number of anilines is 1. The quantitative estimate of drug-likeness (QED) is 0.631. The Kier molecular flexibility index (Phi) is 6.20. The number of carbonyl (C=O) groups is 1. The Morgan fingerprint density at radius 3 is 2.56 bits per heavy atom. The van der Waals surface area contributed by atoms with Gasteiger partial charge in [-0.05, 0) is 24.1 Å². The number of hydrogen-bond donors (Lipinski definition) is 2. The summed E-state index contributed by atoms with van der Waals surface area (Å²) in [6, 6.07) is 13.0. The number of carbonyl (C=O) groups excluding carboxylic acids is 1. The van der Waals surface area contributed by atoms with Crippen molar-refractivity contribution < 1.29 is 18.0 Å². The van der Waals surface area contributed by atoms with Gasteiger partial charge in [-0.3, -0.25) is 4.98 Å². The Morgan fingerprint density at radius 2 is 1.84 bits per heavy atom. The minimum absolute atomic E-state index is 0.0192. The number of rotatable bonds is 5. The predicted octanol–water partition coefficient (Wildman–Crippen LogP) is 3.64. The lowest BCUT2D eigenvalue weighted by molar-refractivity contribution is -0.141. The molecule has 10 heteroatoms. The molecule has 166 valence electrons. The van der Waals surface area contributed by atoms with E-state index in [0.717, 1.165) is 11.6 Å². The molecule has 3 aromatic rings. The van der Waals surface area contributed by atoms with Gasteiger partial charge in [0.05, 0.1) is 0 Å². The second-order valence-electron chi connectivity index (χ2n) is 7.41. The molecule has 1 saturated heterocycles. The van der Waals surface area contributed by atoms with Crippen molar-refractivity contribution in [1.82, 2.24) is 25.6 Å². The molecule has 2 aromatic heterocycles. The topological polar surface area (TPSA) is 83.0 Å². The number of nitrogens with zero attached hydrogens (tertiary/aromatic N) is 4. The molecule has 0 aliphatic carbocycles. The number of hydrogen-bond acceptors (Lipinski definition) is 5. The molecule has 1 unspecified atom stereocenters. The van der Waals surface area contributed by atoms with Crippen LogP contribution in [0.1, 0.15) is 17.7 Å². The third-order valence-corrected chi connectivity index (χ3v) is 5.08. The van der Waals surface area contributed by atoms with Crippen LogP contribution in [0.5, 0.6) is 0 Å². The summed E-state index contributed by atoms with van der Waals surface area (Å²) < 4.78 is 40.3. The molecule has 3 heterocycles. The van der Waals surface area contributed by atoms with Crippen LogP contribution in [0.2, 0.25) is 0 Å². The molecule has 2 N–H and O–H groups in total. The Morgan fingerprint density at radius 1 is 1.09 bits per heavy atom. The van der Waals surface area contributed by atoms with Gasteiger partial charge in [0.15, 0.2) is 11.5 Å². The van der Waals surface area contributed by atoms with Crippen LogP contribution in [0.15, 0.2) is 60.9 Å². The summed E-state index contributed by atoms with van der Waals surface area (Å²) in [6.45, 7) is 1.20. The Hall–Kier alpha value is -3.69. The highest BCUT2D eigenvalue weighted by molar-refractivity contribution is 5.74. The summed E-state index contributed by atoms with van der Waals surface area (Å²) in [4.78, 5) is 25.9. The summed E-state index contributed by atoms with van der Waals surface area (Å²) in [6.07, 6.45) is -1.06. The summed E-state index contributed by atoms with van der Waals surface area (Å²) >= 11 is 0.